The van der Waals surface area contributed by atoms with Crippen molar-refractivity contribution >= 4 is 28.2 Å². The van der Waals surface area contributed by atoms with Crippen molar-refractivity contribution in [1.82, 2.24) is 9.88 Å². The average molecular weight is 415 g/mol. The summed E-state index contributed by atoms with van der Waals surface area (Å²) >= 11 is 6.20. The SMILES string of the molecule is CN(C)C1CN(c2c(F)cc3[nH]c(-c4cc(C#N)ccc4Cl)cc(=O)c3c2F)C1. The van der Waals surface area contributed by atoms with Crippen LogP contribution in [0.4, 0.5) is 14.5 Å². The number of rotatable bonds is 3. The minimum atomic E-state index is -0.873. The fourth-order valence-corrected chi connectivity index (χ4v) is 3.75. The van der Waals surface area contributed by atoms with Crippen molar-refractivity contribution in [2.24, 2.45) is 0 Å². The Bertz CT molecular complexity index is 1230. The van der Waals surface area contributed by atoms with Crippen molar-refractivity contribution in [3.8, 4) is 17.3 Å². The molecule has 3 aromatic rings. The summed E-state index contributed by atoms with van der Waals surface area (Å²) in [6, 6.07) is 9.15. The predicted octanol–water partition coefficient (Wildman–Crippen LogP) is 3.75. The number of pyridine rings is 1. The Hall–Kier alpha value is -2.95. The van der Waals surface area contributed by atoms with Gasteiger partial charge in [-0.3, -0.25) is 4.79 Å². The van der Waals surface area contributed by atoms with Gasteiger partial charge in [0.25, 0.3) is 0 Å². The number of aromatic amines is 1. The van der Waals surface area contributed by atoms with Crippen LogP contribution in [0.3, 0.4) is 0 Å². The van der Waals surface area contributed by atoms with Crippen molar-refractivity contribution in [2.45, 2.75) is 6.04 Å². The fraction of sp³-hybridized carbons (Fsp3) is 0.238. The van der Waals surface area contributed by atoms with Crippen molar-refractivity contribution in [1.29, 1.82) is 5.26 Å². The highest BCUT2D eigenvalue weighted by atomic mass is 35.5. The summed E-state index contributed by atoms with van der Waals surface area (Å²) in [5.74, 6) is -1.61. The molecule has 5 nitrogen and oxygen atoms in total. The zero-order valence-electron chi connectivity index (χ0n) is 15.8. The zero-order valence-corrected chi connectivity index (χ0v) is 16.5. The third-order valence-electron chi connectivity index (χ3n) is 5.28. The molecule has 0 bridgehead atoms. The molecule has 0 radical (unpaired) electrons. The summed E-state index contributed by atoms with van der Waals surface area (Å²) in [6.07, 6.45) is 0. The van der Waals surface area contributed by atoms with Gasteiger partial charge in [0.2, 0.25) is 0 Å². The largest absolute Gasteiger partial charge is 0.363 e. The summed E-state index contributed by atoms with van der Waals surface area (Å²) in [5, 5.41) is 9.20. The molecule has 0 spiro atoms. The number of anilines is 1. The van der Waals surface area contributed by atoms with E-state index in [-0.39, 0.29) is 28.3 Å². The molecule has 1 fully saturated rings. The molecular weight excluding hydrogens is 398 g/mol. The molecule has 1 saturated heterocycles. The average Bonchev–Trinajstić information content (AvgIpc) is 2.62. The molecule has 2 aromatic carbocycles. The highest BCUT2D eigenvalue weighted by molar-refractivity contribution is 6.33. The second-order valence-electron chi connectivity index (χ2n) is 7.32. The van der Waals surface area contributed by atoms with Gasteiger partial charge in [0.1, 0.15) is 5.69 Å². The summed E-state index contributed by atoms with van der Waals surface area (Å²) in [4.78, 5) is 19.2. The Balaban J connectivity index is 1.84. The second kappa shape index (κ2) is 7.14. The summed E-state index contributed by atoms with van der Waals surface area (Å²) in [6.45, 7) is 0.970. The molecule has 1 aliphatic rings. The molecule has 0 amide bonds. The van der Waals surface area contributed by atoms with E-state index in [0.717, 1.165) is 6.07 Å². The molecule has 0 saturated carbocycles. The Morgan fingerprint density at radius 2 is 1.97 bits per heavy atom. The summed E-state index contributed by atoms with van der Waals surface area (Å²) in [5.41, 5.74) is 0.313. The first-order valence-electron chi connectivity index (χ1n) is 8.96. The van der Waals surface area contributed by atoms with Crippen molar-refractivity contribution in [3.63, 3.8) is 0 Å². The normalized spacial score (nSPS) is 14.3. The molecule has 29 heavy (non-hydrogen) atoms. The lowest BCUT2D eigenvalue weighted by molar-refractivity contribution is 0.244. The minimum absolute atomic E-state index is 0.0364. The monoisotopic (exact) mass is 414 g/mol. The van der Waals surface area contributed by atoms with E-state index in [9.17, 15) is 9.18 Å². The van der Waals surface area contributed by atoms with Crippen LogP contribution in [0, 0.1) is 23.0 Å². The number of nitrogens with zero attached hydrogens (tertiary/aromatic N) is 3. The number of halogens is 3. The van der Waals surface area contributed by atoms with Crippen LogP contribution in [-0.4, -0.2) is 43.1 Å². The summed E-state index contributed by atoms with van der Waals surface area (Å²) < 4.78 is 29.9. The first-order valence-corrected chi connectivity index (χ1v) is 9.34. The molecule has 4 rings (SSSR count). The zero-order chi connectivity index (χ0) is 20.9. The van der Waals surface area contributed by atoms with Crippen LogP contribution in [0.15, 0.2) is 35.1 Å². The van der Waals surface area contributed by atoms with E-state index in [1.165, 1.54) is 18.2 Å². The number of hydrogen-bond acceptors (Lipinski definition) is 4. The number of benzene rings is 2. The lowest BCUT2D eigenvalue weighted by atomic mass is 10.0. The maximum absolute atomic E-state index is 15.1. The Morgan fingerprint density at radius 3 is 2.62 bits per heavy atom. The first kappa shape index (κ1) is 19.4. The van der Waals surface area contributed by atoms with Gasteiger partial charge in [-0.25, -0.2) is 8.78 Å². The number of nitrogens with one attached hydrogen (secondary N) is 1. The number of likely N-dealkylation sites (N-methyl/N-ethyl adjacent to an activating group) is 1. The topological polar surface area (TPSA) is 63.1 Å². The van der Waals surface area contributed by atoms with Gasteiger partial charge in [-0.1, -0.05) is 11.6 Å². The van der Waals surface area contributed by atoms with E-state index in [1.807, 2.05) is 25.1 Å². The van der Waals surface area contributed by atoms with E-state index in [1.54, 1.807) is 11.0 Å². The van der Waals surface area contributed by atoms with Gasteiger partial charge in [0.15, 0.2) is 17.1 Å². The Kier molecular flexibility index (Phi) is 4.77. The highest BCUT2D eigenvalue weighted by Gasteiger charge is 2.33. The van der Waals surface area contributed by atoms with Crippen LogP contribution in [0.2, 0.25) is 5.02 Å². The van der Waals surface area contributed by atoms with Crippen LogP contribution < -0.4 is 10.3 Å². The van der Waals surface area contributed by atoms with E-state index < -0.39 is 17.1 Å². The number of nitriles is 1. The van der Waals surface area contributed by atoms with Crippen LogP contribution >= 0.6 is 11.6 Å². The van der Waals surface area contributed by atoms with Gasteiger partial charge >= 0.3 is 0 Å². The van der Waals surface area contributed by atoms with Crippen LogP contribution in [0.5, 0.6) is 0 Å². The predicted molar refractivity (Wildman–Crippen MR) is 109 cm³/mol. The molecule has 0 unspecified atom stereocenters. The van der Waals surface area contributed by atoms with Gasteiger partial charge in [-0.15, -0.1) is 0 Å². The van der Waals surface area contributed by atoms with Gasteiger partial charge < -0.3 is 14.8 Å². The molecular formula is C21H17ClF2N4O. The lowest BCUT2D eigenvalue weighted by Gasteiger charge is -2.44. The van der Waals surface area contributed by atoms with Gasteiger partial charge in [-0.2, -0.15) is 5.26 Å². The van der Waals surface area contributed by atoms with Gasteiger partial charge in [-0.05, 0) is 32.3 Å². The Morgan fingerprint density at radius 1 is 1.24 bits per heavy atom. The standard InChI is InChI=1S/C21H17ClF2N4O/c1-27(2)12-9-28(10-12)21-15(23)6-17-19(20(21)24)18(29)7-16(26-17)13-5-11(8-25)3-4-14(13)22/h3-7,12H,9-10H2,1-2H3,(H,26,29). The molecule has 2 heterocycles. The third kappa shape index (κ3) is 3.24. The maximum atomic E-state index is 15.1. The molecule has 0 aliphatic carbocycles. The lowest BCUT2D eigenvalue weighted by Crippen LogP contribution is -2.58. The van der Waals surface area contributed by atoms with Crippen molar-refractivity contribution in [3.05, 3.63) is 62.8 Å². The quantitative estimate of drug-likeness (QED) is 0.709. The first-order chi connectivity index (χ1) is 13.8. The summed E-state index contributed by atoms with van der Waals surface area (Å²) in [7, 11) is 3.82. The van der Waals surface area contributed by atoms with Crippen molar-refractivity contribution < 1.29 is 8.78 Å². The Labute approximate surface area is 170 Å². The molecule has 8 heteroatoms. The minimum Gasteiger partial charge on any atom is -0.363 e. The van der Waals surface area contributed by atoms with E-state index >= 15 is 4.39 Å². The number of H-pyrrole nitrogens is 1. The van der Waals surface area contributed by atoms with Gasteiger partial charge in [0.05, 0.1) is 28.2 Å². The van der Waals surface area contributed by atoms with Crippen LogP contribution in [0.1, 0.15) is 5.56 Å². The fourth-order valence-electron chi connectivity index (χ4n) is 3.53. The second-order valence-corrected chi connectivity index (χ2v) is 7.73. The number of hydrogen-bond donors (Lipinski definition) is 1. The molecule has 1 aromatic heterocycles. The number of fused-ring (bicyclic) bond motifs is 1. The van der Waals surface area contributed by atoms with Crippen molar-refractivity contribution in [2.75, 3.05) is 32.1 Å². The highest BCUT2D eigenvalue weighted by Crippen LogP contribution is 2.34. The van der Waals surface area contributed by atoms with Crippen LogP contribution in [0.25, 0.3) is 22.2 Å². The molecule has 1 N–H and O–H groups in total. The van der Waals surface area contributed by atoms with E-state index in [4.69, 9.17) is 16.9 Å². The number of aromatic nitrogens is 1. The van der Waals surface area contributed by atoms with Gasteiger partial charge in [0, 0.05) is 41.9 Å². The smallest absolute Gasteiger partial charge is 0.193 e. The third-order valence-corrected chi connectivity index (χ3v) is 5.61. The maximum Gasteiger partial charge on any atom is 0.193 e. The molecule has 1 aliphatic heterocycles. The molecule has 0 atom stereocenters. The van der Waals surface area contributed by atoms with Crippen LogP contribution in [-0.2, 0) is 0 Å². The van der Waals surface area contributed by atoms with E-state index in [2.05, 4.69) is 4.98 Å². The van der Waals surface area contributed by atoms with E-state index in [0.29, 0.717) is 29.2 Å². The molecule has 148 valence electrons.